The van der Waals surface area contributed by atoms with Gasteiger partial charge in [0.25, 0.3) is 0 Å². The summed E-state index contributed by atoms with van der Waals surface area (Å²) in [6.45, 7) is 11.3. The molecule has 0 aromatic heterocycles. The Bertz CT molecular complexity index is 186. The number of rotatable bonds is 3. The SMILES string of the molecule is CC(O)CC(C)(C)C1CC(C)CC(C)C1. The molecule has 3 unspecified atom stereocenters. The Kier molecular flexibility index (Phi) is 4.22. The molecule has 1 fully saturated rings. The van der Waals surface area contributed by atoms with Gasteiger partial charge < -0.3 is 5.11 Å². The van der Waals surface area contributed by atoms with Crippen LogP contribution in [0.4, 0.5) is 0 Å². The van der Waals surface area contributed by atoms with Crippen molar-refractivity contribution >= 4 is 0 Å². The zero-order valence-electron chi connectivity index (χ0n) is 11.1. The molecule has 15 heavy (non-hydrogen) atoms. The van der Waals surface area contributed by atoms with Crippen LogP contribution in [-0.2, 0) is 0 Å². The zero-order valence-corrected chi connectivity index (χ0v) is 11.1. The van der Waals surface area contributed by atoms with Crippen LogP contribution in [0.15, 0.2) is 0 Å². The average Bonchev–Trinajstić information content (AvgIpc) is 1.99. The lowest BCUT2D eigenvalue weighted by Crippen LogP contribution is -2.33. The van der Waals surface area contributed by atoms with Gasteiger partial charge in [-0.1, -0.05) is 27.7 Å². The third-order valence-electron chi connectivity index (χ3n) is 4.11. The molecule has 0 aromatic rings. The van der Waals surface area contributed by atoms with Crippen LogP contribution in [0.25, 0.3) is 0 Å². The van der Waals surface area contributed by atoms with Crippen LogP contribution in [0.1, 0.15) is 60.3 Å². The Morgan fingerprint density at radius 1 is 1.13 bits per heavy atom. The predicted molar refractivity (Wildman–Crippen MR) is 65.7 cm³/mol. The first-order chi connectivity index (χ1) is 6.81. The van der Waals surface area contributed by atoms with Crippen LogP contribution in [-0.4, -0.2) is 11.2 Å². The highest BCUT2D eigenvalue weighted by molar-refractivity contribution is 4.86. The summed E-state index contributed by atoms with van der Waals surface area (Å²) in [5.74, 6) is 2.53. The molecule has 1 heteroatoms. The first-order valence-corrected chi connectivity index (χ1v) is 6.49. The predicted octanol–water partition coefficient (Wildman–Crippen LogP) is 3.86. The van der Waals surface area contributed by atoms with Gasteiger partial charge in [-0.2, -0.15) is 0 Å². The van der Waals surface area contributed by atoms with Gasteiger partial charge in [-0.3, -0.25) is 0 Å². The summed E-state index contributed by atoms with van der Waals surface area (Å²) in [6.07, 6.45) is 4.87. The Morgan fingerprint density at radius 3 is 2.00 bits per heavy atom. The standard InChI is InChI=1S/C14H28O/c1-10-6-11(2)8-13(7-10)14(4,5)9-12(3)15/h10-13,15H,6-9H2,1-5H3. The van der Waals surface area contributed by atoms with Gasteiger partial charge in [0.05, 0.1) is 6.10 Å². The molecule has 1 saturated carbocycles. The van der Waals surface area contributed by atoms with E-state index in [1.807, 2.05) is 6.92 Å². The third-order valence-corrected chi connectivity index (χ3v) is 4.11. The minimum Gasteiger partial charge on any atom is -0.393 e. The Hall–Kier alpha value is -0.0400. The molecule has 0 heterocycles. The first kappa shape index (κ1) is 13.0. The van der Waals surface area contributed by atoms with Gasteiger partial charge in [0, 0.05) is 0 Å². The Labute approximate surface area is 95.3 Å². The van der Waals surface area contributed by atoms with E-state index in [1.54, 1.807) is 0 Å². The molecule has 90 valence electrons. The summed E-state index contributed by atoms with van der Waals surface area (Å²) < 4.78 is 0. The number of hydrogen-bond acceptors (Lipinski definition) is 1. The molecule has 0 saturated heterocycles. The third kappa shape index (κ3) is 3.79. The van der Waals surface area contributed by atoms with E-state index in [1.165, 1.54) is 19.3 Å². The molecule has 0 radical (unpaired) electrons. The van der Waals surface area contributed by atoms with Crippen molar-refractivity contribution in [1.29, 1.82) is 0 Å². The largest absolute Gasteiger partial charge is 0.393 e. The van der Waals surface area contributed by atoms with Gasteiger partial charge in [0.1, 0.15) is 0 Å². The van der Waals surface area contributed by atoms with E-state index in [0.29, 0.717) is 5.41 Å². The molecule has 1 aliphatic rings. The molecule has 0 amide bonds. The molecular formula is C14H28O. The van der Waals surface area contributed by atoms with E-state index in [-0.39, 0.29) is 6.10 Å². The molecular weight excluding hydrogens is 184 g/mol. The summed E-state index contributed by atoms with van der Waals surface area (Å²) in [6, 6.07) is 0. The van der Waals surface area contributed by atoms with Crippen LogP contribution < -0.4 is 0 Å². The highest BCUT2D eigenvalue weighted by Crippen LogP contribution is 2.44. The van der Waals surface area contributed by atoms with Gasteiger partial charge in [-0.25, -0.2) is 0 Å². The fraction of sp³-hybridized carbons (Fsp3) is 1.00. The van der Waals surface area contributed by atoms with Gasteiger partial charge in [0.2, 0.25) is 0 Å². The van der Waals surface area contributed by atoms with Crippen molar-refractivity contribution in [2.75, 3.05) is 0 Å². The molecule has 1 rings (SSSR count). The van der Waals surface area contributed by atoms with Crippen molar-refractivity contribution in [1.82, 2.24) is 0 Å². The Morgan fingerprint density at radius 2 is 1.60 bits per heavy atom. The van der Waals surface area contributed by atoms with Gasteiger partial charge >= 0.3 is 0 Å². The van der Waals surface area contributed by atoms with Crippen molar-refractivity contribution < 1.29 is 5.11 Å². The second-order valence-electron chi connectivity index (χ2n) is 6.66. The molecule has 1 nitrogen and oxygen atoms in total. The fourth-order valence-corrected chi connectivity index (χ4v) is 3.51. The maximum Gasteiger partial charge on any atom is 0.0517 e. The van der Waals surface area contributed by atoms with E-state index in [9.17, 15) is 5.11 Å². The number of aliphatic hydroxyl groups excluding tert-OH is 1. The number of hydrogen-bond donors (Lipinski definition) is 1. The normalized spacial score (nSPS) is 35.2. The maximum atomic E-state index is 9.55. The van der Waals surface area contributed by atoms with E-state index in [2.05, 4.69) is 27.7 Å². The van der Waals surface area contributed by atoms with E-state index in [4.69, 9.17) is 0 Å². The topological polar surface area (TPSA) is 20.2 Å². The molecule has 1 N–H and O–H groups in total. The highest BCUT2D eigenvalue weighted by Gasteiger charge is 2.35. The van der Waals surface area contributed by atoms with Crippen LogP contribution in [0.5, 0.6) is 0 Å². The van der Waals surface area contributed by atoms with Crippen molar-refractivity contribution in [3.05, 3.63) is 0 Å². The average molecular weight is 212 g/mol. The summed E-state index contributed by atoms with van der Waals surface area (Å²) in [5, 5.41) is 9.55. The summed E-state index contributed by atoms with van der Waals surface area (Å²) >= 11 is 0. The van der Waals surface area contributed by atoms with Crippen LogP contribution in [0.2, 0.25) is 0 Å². The van der Waals surface area contributed by atoms with Gasteiger partial charge in [0.15, 0.2) is 0 Å². The molecule has 0 aliphatic heterocycles. The summed E-state index contributed by atoms with van der Waals surface area (Å²) in [5.41, 5.74) is 0.303. The van der Waals surface area contributed by atoms with Crippen molar-refractivity contribution in [3.8, 4) is 0 Å². The highest BCUT2D eigenvalue weighted by atomic mass is 16.3. The van der Waals surface area contributed by atoms with Crippen LogP contribution >= 0.6 is 0 Å². The van der Waals surface area contributed by atoms with E-state index in [0.717, 1.165) is 24.2 Å². The van der Waals surface area contributed by atoms with E-state index < -0.39 is 0 Å². The zero-order chi connectivity index (χ0) is 11.6. The first-order valence-electron chi connectivity index (χ1n) is 6.49. The minimum atomic E-state index is -0.160. The van der Waals surface area contributed by atoms with Crippen LogP contribution in [0, 0.1) is 23.2 Å². The lowest BCUT2D eigenvalue weighted by Gasteiger charge is -2.42. The second kappa shape index (κ2) is 4.86. The van der Waals surface area contributed by atoms with Crippen LogP contribution in [0.3, 0.4) is 0 Å². The van der Waals surface area contributed by atoms with E-state index >= 15 is 0 Å². The lowest BCUT2D eigenvalue weighted by atomic mass is 9.64. The smallest absolute Gasteiger partial charge is 0.0517 e. The van der Waals surface area contributed by atoms with Crippen molar-refractivity contribution in [2.24, 2.45) is 23.2 Å². The van der Waals surface area contributed by atoms with Gasteiger partial charge in [-0.05, 0) is 55.8 Å². The summed E-state index contributed by atoms with van der Waals surface area (Å²) in [4.78, 5) is 0. The van der Waals surface area contributed by atoms with Crippen molar-refractivity contribution in [2.45, 2.75) is 66.4 Å². The van der Waals surface area contributed by atoms with Gasteiger partial charge in [-0.15, -0.1) is 0 Å². The lowest BCUT2D eigenvalue weighted by molar-refractivity contribution is 0.0480. The fourth-order valence-electron chi connectivity index (χ4n) is 3.51. The Balaban J connectivity index is 2.60. The minimum absolute atomic E-state index is 0.160. The molecule has 1 aliphatic carbocycles. The molecule has 0 bridgehead atoms. The molecule has 3 atom stereocenters. The monoisotopic (exact) mass is 212 g/mol. The number of aliphatic hydroxyl groups is 1. The van der Waals surface area contributed by atoms with Crippen molar-refractivity contribution in [3.63, 3.8) is 0 Å². The molecule has 0 spiro atoms. The quantitative estimate of drug-likeness (QED) is 0.753. The molecule has 0 aromatic carbocycles. The summed E-state index contributed by atoms with van der Waals surface area (Å²) in [7, 11) is 0. The maximum absolute atomic E-state index is 9.55. The second-order valence-corrected chi connectivity index (χ2v) is 6.66.